The highest BCUT2D eigenvalue weighted by molar-refractivity contribution is 9.10. The largest absolute Gasteiger partial charge is 0.481 e. The minimum absolute atomic E-state index is 0.0655. The van der Waals surface area contributed by atoms with Gasteiger partial charge >= 0.3 is 5.97 Å². The van der Waals surface area contributed by atoms with Gasteiger partial charge in [0.05, 0.1) is 12.3 Å². The van der Waals surface area contributed by atoms with Crippen LogP contribution in [0.3, 0.4) is 0 Å². The molecule has 0 spiro atoms. The summed E-state index contributed by atoms with van der Waals surface area (Å²) < 4.78 is 0.934. The van der Waals surface area contributed by atoms with Gasteiger partial charge in [0.2, 0.25) is 5.91 Å². The average molecular weight is 326 g/mol. The minimum atomic E-state index is -0.752. The number of carbonyl (C=O) groups is 2. The van der Waals surface area contributed by atoms with Gasteiger partial charge in [0.15, 0.2) is 0 Å². The lowest BCUT2D eigenvalue weighted by Gasteiger charge is -2.30. The van der Waals surface area contributed by atoms with Gasteiger partial charge in [-0.05, 0) is 24.5 Å². The molecule has 0 saturated carbocycles. The van der Waals surface area contributed by atoms with Crippen molar-refractivity contribution >= 4 is 27.8 Å². The van der Waals surface area contributed by atoms with Gasteiger partial charge in [-0.3, -0.25) is 9.59 Å². The average Bonchev–Trinajstić information content (AvgIpc) is 2.41. The quantitative estimate of drug-likeness (QED) is 0.927. The summed E-state index contributed by atoms with van der Waals surface area (Å²) in [5, 5.41) is 8.93. The lowest BCUT2D eigenvalue weighted by atomic mass is 9.96. The normalized spacial score (nSPS) is 16.4. The molecule has 0 radical (unpaired) electrons. The first-order chi connectivity index (χ1) is 9.08. The van der Waals surface area contributed by atoms with Crippen LogP contribution >= 0.6 is 15.9 Å². The van der Waals surface area contributed by atoms with Gasteiger partial charge in [0, 0.05) is 17.6 Å². The molecule has 5 heteroatoms. The summed E-state index contributed by atoms with van der Waals surface area (Å²) in [6, 6.07) is 7.66. The first-order valence-corrected chi connectivity index (χ1v) is 7.11. The van der Waals surface area contributed by atoms with Crippen LogP contribution in [0.4, 0.5) is 0 Å². The summed E-state index contributed by atoms with van der Waals surface area (Å²) in [5.74, 6) is -0.985. The van der Waals surface area contributed by atoms with E-state index in [4.69, 9.17) is 5.11 Å². The Balaban J connectivity index is 1.92. The molecular formula is C14H16BrNO3. The predicted molar refractivity (Wildman–Crippen MR) is 74.8 cm³/mol. The third-order valence-electron chi connectivity index (χ3n) is 3.50. The van der Waals surface area contributed by atoms with Crippen molar-refractivity contribution in [3.05, 3.63) is 34.3 Å². The van der Waals surface area contributed by atoms with Gasteiger partial charge in [-0.15, -0.1) is 0 Å². The fraction of sp³-hybridized carbons (Fsp3) is 0.429. The van der Waals surface area contributed by atoms with Crippen LogP contribution in [0.2, 0.25) is 0 Å². The monoisotopic (exact) mass is 325 g/mol. The molecule has 102 valence electrons. The van der Waals surface area contributed by atoms with E-state index in [1.165, 1.54) is 0 Å². The zero-order valence-electron chi connectivity index (χ0n) is 10.5. The molecule has 0 unspecified atom stereocenters. The molecule has 1 aromatic rings. The van der Waals surface area contributed by atoms with E-state index >= 15 is 0 Å². The molecule has 19 heavy (non-hydrogen) atoms. The summed E-state index contributed by atoms with van der Waals surface area (Å²) in [6.07, 6.45) is 1.47. The van der Waals surface area contributed by atoms with Crippen molar-refractivity contribution in [1.82, 2.24) is 4.90 Å². The molecule has 0 aliphatic carbocycles. The van der Waals surface area contributed by atoms with E-state index in [0.29, 0.717) is 32.4 Å². The zero-order valence-corrected chi connectivity index (χ0v) is 12.1. The number of carboxylic acid groups (broad SMARTS) is 1. The maximum atomic E-state index is 12.2. The molecule has 0 atom stereocenters. The van der Waals surface area contributed by atoms with Crippen LogP contribution in [0, 0.1) is 5.92 Å². The second-order valence-corrected chi connectivity index (χ2v) is 5.62. The van der Waals surface area contributed by atoms with Crippen LogP contribution in [0.1, 0.15) is 18.4 Å². The number of piperidine rings is 1. The second kappa shape index (κ2) is 6.19. The third kappa shape index (κ3) is 3.56. The topological polar surface area (TPSA) is 57.6 Å². The van der Waals surface area contributed by atoms with Gasteiger partial charge < -0.3 is 10.0 Å². The summed E-state index contributed by atoms with van der Waals surface area (Å²) >= 11 is 3.43. The Morgan fingerprint density at radius 1 is 1.26 bits per heavy atom. The molecule has 4 nitrogen and oxygen atoms in total. The van der Waals surface area contributed by atoms with E-state index in [2.05, 4.69) is 15.9 Å². The first-order valence-electron chi connectivity index (χ1n) is 6.32. The molecule has 1 saturated heterocycles. The number of likely N-dealkylation sites (tertiary alicyclic amines) is 1. The number of halogens is 1. The Morgan fingerprint density at radius 2 is 1.89 bits per heavy atom. The molecule has 1 aliphatic heterocycles. The van der Waals surface area contributed by atoms with Crippen LogP contribution in [-0.2, 0) is 16.0 Å². The summed E-state index contributed by atoms with van der Waals surface area (Å²) in [5.41, 5.74) is 0.966. The van der Waals surface area contributed by atoms with Crippen molar-refractivity contribution in [2.75, 3.05) is 13.1 Å². The molecule has 1 amide bonds. The van der Waals surface area contributed by atoms with Gasteiger partial charge in [-0.1, -0.05) is 34.1 Å². The van der Waals surface area contributed by atoms with Crippen molar-refractivity contribution in [2.24, 2.45) is 5.92 Å². The third-order valence-corrected chi connectivity index (χ3v) is 4.27. The Labute approximate surface area is 120 Å². The maximum absolute atomic E-state index is 12.2. The molecule has 2 rings (SSSR count). The highest BCUT2D eigenvalue weighted by atomic mass is 79.9. The van der Waals surface area contributed by atoms with E-state index in [9.17, 15) is 9.59 Å². The van der Waals surface area contributed by atoms with Crippen LogP contribution in [-0.4, -0.2) is 35.0 Å². The number of rotatable bonds is 3. The zero-order chi connectivity index (χ0) is 13.8. The minimum Gasteiger partial charge on any atom is -0.481 e. The Kier molecular flexibility index (Phi) is 4.58. The van der Waals surface area contributed by atoms with Crippen LogP contribution < -0.4 is 0 Å². The fourth-order valence-corrected chi connectivity index (χ4v) is 2.72. The molecule has 0 aromatic heterocycles. The number of carboxylic acids is 1. The molecule has 1 heterocycles. The number of aliphatic carboxylic acids is 1. The smallest absolute Gasteiger partial charge is 0.306 e. The van der Waals surface area contributed by atoms with Gasteiger partial charge in [0.25, 0.3) is 0 Å². The first kappa shape index (κ1) is 14.1. The number of hydrogen-bond donors (Lipinski definition) is 1. The van der Waals surface area contributed by atoms with Crippen molar-refractivity contribution in [1.29, 1.82) is 0 Å². The summed E-state index contributed by atoms with van der Waals surface area (Å²) in [4.78, 5) is 24.8. The predicted octanol–water partition coefficient (Wildman–Crippen LogP) is 2.31. The Hall–Kier alpha value is -1.36. The Bertz CT molecular complexity index is 481. The lowest BCUT2D eigenvalue weighted by Crippen LogP contribution is -2.41. The molecule has 1 N–H and O–H groups in total. The van der Waals surface area contributed by atoms with Gasteiger partial charge in [-0.2, -0.15) is 0 Å². The molecule has 0 bridgehead atoms. The fourth-order valence-electron chi connectivity index (χ4n) is 2.29. The van der Waals surface area contributed by atoms with Crippen LogP contribution in [0.25, 0.3) is 0 Å². The van der Waals surface area contributed by atoms with Crippen molar-refractivity contribution in [2.45, 2.75) is 19.3 Å². The van der Waals surface area contributed by atoms with E-state index in [-0.39, 0.29) is 11.8 Å². The van der Waals surface area contributed by atoms with Gasteiger partial charge in [-0.25, -0.2) is 0 Å². The lowest BCUT2D eigenvalue weighted by molar-refractivity contribution is -0.145. The highest BCUT2D eigenvalue weighted by Crippen LogP contribution is 2.20. The summed E-state index contributed by atoms with van der Waals surface area (Å²) in [6.45, 7) is 1.08. The van der Waals surface area contributed by atoms with Crippen molar-refractivity contribution in [3.63, 3.8) is 0 Å². The number of hydrogen-bond acceptors (Lipinski definition) is 2. The number of nitrogens with zero attached hydrogens (tertiary/aromatic N) is 1. The van der Waals surface area contributed by atoms with E-state index in [1.807, 2.05) is 24.3 Å². The standard InChI is InChI=1S/C14H16BrNO3/c15-12-4-2-1-3-11(12)9-13(17)16-7-5-10(6-8-16)14(18)19/h1-4,10H,5-9H2,(H,18,19). The SMILES string of the molecule is O=C(O)C1CCN(C(=O)Cc2ccccc2Br)CC1. The molecule has 1 aromatic carbocycles. The van der Waals surface area contributed by atoms with Crippen molar-refractivity contribution < 1.29 is 14.7 Å². The molecule has 1 fully saturated rings. The van der Waals surface area contributed by atoms with E-state index < -0.39 is 5.97 Å². The van der Waals surface area contributed by atoms with Gasteiger partial charge in [0.1, 0.15) is 0 Å². The second-order valence-electron chi connectivity index (χ2n) is 4.76. The number of benzene rings is 1. The van der Waals surface area contributed by atoms with E-state index in [0.717, 1.165) is 10.0 Å². The maximum Gasteiger partial charge on any atom is 0.306 e. The highest BCUT2D eigenvalue weighted by Gasteiger charge is 2.26. The molecule has 1 aliphatic rings. The number of carbonyl (C=O) groups excluding carboxylic acids is 1. The van der Waals surface area contributed by atoms with Crippen LogP contribution in [0.15, 0.2) is 28.7 Å². The molecular weight excluding hydrogens is 310 g/mol. The Morgan fingerprint density at radius 3 is 2.47 bits per heavy atom. The summed E-state index contributed by atoms with van der Waals surface area (Å²) in [7, 11) is 0. The van der Waals surface area contributed by atoms with Crippen LogP contribution in [0.5, 0.6) is 0 Å². The number of amides is 1. The van der Waals surface area contributed by atoms with Crippen molar-refractivity contribution in [3.8, 4) is 0 Å². The van der Waals surface area contributed by atoms with E-state index in [1.54, 1.807) is 4.90 Å².